The maximum absolute atomic E-state index is 13.2. The summed E-state index contributed by atoms with van der Waals surface area (Å²) in [5.41, 5.74) is 1.32. The zero-order valence-electron chi connectivity index (χ0n) is 14.9. The third-order valence-electron chi connectivity index (χ3n) is 4.64. The zero-order chi connectivity index (χ0) is 17.8. The summed E-state index contributed by atoms with van der Waals surface area (Å²) in [6.45, 7) is 2.83. The summed E-state index contributed by atoms with van der Waals surface area (Å²) in [7, 11) is 1.63. The van der Waals surface area contributed by atoms with E-state index in [0.717, 1.165) is 48.7 Å². The van der Waals surface area contributed by atoms with Crippen LogP contribution in [-0.2, 0) is 24.2 Å². The molecule has 2 heterocycles. The summed E-state index contributed by atoms with van der Waals surface area (Å²) < 4.78 is 1.80. The molecule has 136 valence electrons. The Kier molecular flexibility index (Phi) is 6.17. The molecule has 7 heteroatoms. The average Bonchev–Trinajstić information content (AvgIpc) is 3.00. The van der Waals surface area contributed by atoms with Crippen molar-refractivity contribution in [2.75, 3.05) is 12.8 Å². The average molecular weight is 380 g/mol. The highest BCUT2D eigenvalue weighted by atomic mass is 32.2. The van der Waals surface area contributed by atoms with Crippen LogP contribution < -0.4 is 10.9 Å². The number of unbranched alkanes of at least 4 members (excludes halogenated alkanes) is 2. The Balaban J connectivity index is 2.03. The molecule has 0 unspecified atom stereocenters. The van der Waals surface area contributed by atoms with Gasteiger partial charge in [0, 0.05) is 18.5 Å². The smallest absolute Gasteiger partial charge is 0.263 e. The van der Waals surface area contributed by atoms with Crippen molar-refractivity contribution in [3.8, 4) is 0 Å². The molecule has 0 bridgehead atoms. The Hall–Kier alpha value is -1.34. The molecule has 2 aromatic heterocycles. The van der Waals surface area contributed by atoms with Crippen LogP contribution in [0.25, 0.3) is 10.2 Å². The highest BCUT2D eigenvalue weighted by Gasteiger charge is 2.22. The molecule has 3 rings (SSSR count). The molecule has 0 radical (unpaired) electrons. The van der Waals surface area contributed by atoms with Gasteiger partial charge in [-0.3, -0.25) is 14.2 Å². The standard InChI is InChI=1S/C18H25N3O2S2/c1-3-4-7-10-21-17(23)15-12-8-5-6-9-13(12)25-16(15)20-18(21)24-11-14(22)19-2/h3-11H2,1-2H3,(H,19,22). The summed E-state index contributed by atoms with van der Waals surface area (Å²) in [5, 5.41) is 4.14. The molecule has 1 aliphatic rings. The van der Waals surface area contributed by atoms with Crippen molar-refractivity contribution >= 4 is 39.2 Å². The number of aryl methyl sites for hydroxylation is 2. The molecular weight excluding hydrogens is 354 g/mol. The number of fused-ring (bicyclic) bond motifs is 3. The molecule has 0 saturated carbocycles. The number of rotatable bonds is 7. The molecule has 0 fully saturated rings. The fourth-order valence-corrected chi connectivity index (χ4v) is 5.45. The normalized spacial score (nSPS) is 13.8. The zero-order valence-corrected chi connectivity index (χ0v) is 16.5. The number of thioether (sulfide) groups is 1. The van der Waals surface area contributed by atoms with E-state index >= 15 is 0 Å². The number of aromatic nitrogens is 2. The van der Waals surface area contributed by atoms with Crippen molar-refractivity contribution in [1.82, 2.24) is 14.9 Å². The van der Waals surface area contributed by atoms with Crippen LogP contribution in [0.5, 0.6) is 0 Å². The first-order valence-corrected chi connectivity index (χ1v) is 10.8. The van der Waals surface area contributed by atoms with Gasteiger partial charge in [0.15, 0.2) is 5.16 Å². The topological polar surface area (TPSA) is 64.0 Å². The first-order valence-electron chi connectivity index (χ1n) is 9.04. The fourth-order valence-electron chi connectivity index (χ4n) is 3.25. The van der Waals surface area contributed by atoms with Crippen molar-refractivity contribution in [3.63, 3.8) is 0 Å². The van der Waals surface area contributed by atoms with Crippen molar-refractivity contribution in [2.24, 2.45) is 0 Å². The first kappa shape index (κ1) is 18.5. The van der Waals surface area contributed by atoms with E-state index in [9.17, 15) is 9.59 Å². The molecule has 25 heavy (non-hydrogen) atoms. The summed E-state index contributed by atoms with van der Waals surface area (Å²) in [6.07, 6.45) is 7.57. The maximum atomic E-state index is 13.2. The van der Waals surface area contributed by atoms with Crippen molar-refractivity contribution in [2.45, 2.75) is 63.6 Å². The van der Waals surface area contributed by atoms with Crippen LogP contribution in [-0.4, -0.2) is 28.3 Å². The lowest BCUT2D eigenvalue weighted by molar-refractivity contribution is -0.118. The lowest BCUT2D eigenvalue weighted by Gasteiger charge is -2.13. The third kappa shape index (κ3) is 3.92. The second-order valence-electron chi connectivity index (χ2n) is 6.41. The van der Waals surface area contributed by atoms with Crippen LogP contribution in [0, 0.1) is 0 Å². The van der Waals surface area contributed by atoms with Crippen LogP contribution in [0.4, 0.5) is 0 Å². The summed E-state index contributed by atoms with van der Waals surface area (Å²) >= 11 is 3.03. The van der Waals surface area contributed by atoms with Gasteiger partial charge in [-0.2, -0.15) is 0 Å². The molecule has 2 aromatic rings. The van der Waals surface area contributed by atoms with Crippen molar-refractivity contribution < 1.29 is 4.79 Å². The predicted molar refractivity (Wildman–Crippen MR) is 105 cm³/mol. The molecular formula is C18H25N3O2S2. The second kappa shape index (κ2) is 8.36. The van der Waals surface area contributed by atoms with Gasteiger partial charge in [-0.05, 0) is 37.7 Å². The van der Waals surface area contributed by atoms with Gasteiger partial charge in [0.05, 0.1) is 11.1 Å². The van der Waals surface area contributed by atoms with Crippen LogP contribution in [0.15, 0.2) is 9.95 Å². The molecule has 1 aliphatic carbocycles. The van der Waals surface area contributed by atoms with Gasteiger partial charge in [-0.25, -0.2) is 4.98 Å². The van der Waals surface area contributed by atoms with E-state index in [2.05, 4.69) is 12.2 Å². The number of carbonyl (C=O) groups excluding carboxylic acids is 1. The lowest BCUT2D eigenvalue weighted by atomic mass is 9.97. The van der Waals surface area contributed by atoms with E-state index < -0.39 is 0 Å². The van der Waals surface area contributed by atoms with Gasteiger partial charge in [0.1, 0.15) is 4.83 Å². The fraction of sp³-hybridized carbons (Fsp3) is 0.611. The molecule has 0 atom stereocenters. The Morgan fingerprint density at radius 3 is 2.88 bits per heavy atom. The van der Waals surface area contributed by atoms with Gasteiger partial charge in [0.25, 0.3) is 5.56 Å². The number of carbonyl (C=O) groups is 1. The highest BCUT2D eigenvalue weighted by Crippen LogP contribution is 2.34. The molecule has 1 N–H and O–H groups in total. The lowest BCUT2D eigenvalue weighted by Crippen LogP contribution is -2.25. The Labute approximate surface area is 156 Å². The largest absolute Gasteiger partial charge is 0.358 e. The van der Waals surface area contributed by atoms with E-state index in [4.69, 9.17) is 4.98 Å². The monoisotopic (exact) mass is 379 g/mol. The number of hydrogen-bond acceptors (Lipinski definition) is 5. The number of thiophene rings is 1. The number of amides is 1. The highest BCUT2D eigenvalue weighted by molar-refractivity contribution is 7.99. The molecule has 0 aliphatic heterocycles. The Morgan fingerprint density at radius 1 is 1.32 bits per heavy atom. The molecule has 5 nitrogen and oxygen atoms in total. The summed E-state index contributed by atoms with van der Waals surface area (Å²) in [4.78, 5) is 31.8. The quantitative estimate of drug-likeness (QED) is 0.455. The molecule has 0 saturated heterocycles. The van der Waals surface area contributed by atoms with Crippen LogP contribution >= 0.6 is 23.1 Å². The van der Waals surface area contributed by atoms with E-state index in [0.29, 0.717) is 11.7 Å². The minimum absolute atomic E-state index is 0.0510. The maximum Gasteiger partial charge on any atom is 0.263 e. The van der Waals surface area contributed by atoms with Gasteiger partial charge in [0.2, 0.25) is 5.91 Å². The van der Waals surface area contributed by atoms with E-state index in [1.807, 2.05) is 0 Å². The summed E-state index contributed by atoms with van der Waals surface area (Å²) in [6, 6.07) is 0. The SMILES string of the molecule is CCCCCn1c(SCC(=O)NC)nc2sc3c(c2c1=O)CCCC3. The Morgan fingerprint density at radius 2 is 2.12 bits per heavy atom. The van der Waals surface area contributed by atoms with Crippen LogP contribution in [0.2, 0.25) is 0 Å². The summed E-state index contributed by atoms with van der Waals surface area (Å²) in [5.74, 6) is 0.234. The third-order valence-corrected chi connectivity index (χ3v) is 6.80. The van der Waals surface area contributed by atoms with Gasteiger partial charge in [-0.1, -0.05) is 31.5 Å². The Bertz CT molecular complexity index is 826. The number of nitrogens with zero attached hydrogens (tertiary/aromatic N) is 2. The van der Waals surface area contributed by atoms with Crippen LogP contribution in [0.1, 0.15) is 49.5 Å². The number of hydrogen-bond donors (Lipinski definition) is 1. The van der Waals surface area contributed by atoms with E-state index in [1.165, 1.54) is 28.6 Å². The van der Waals surface area contributed by atoms with E-state index in [-0.39, 0.29) is 17.2 Å². The van der Waals surface area contributed by atoms with Gasteiger partial charge >= 0.3 is 0 Å². The molecule has 0 spiro atoms. The van der Waals surface area contributed by atoms with Crippen molar-refractivity contribution in [3.05, 3.63) is 20.8 Å². The molecule has 1 amide bonds. The first-order chi connectivity index (χ1) is 12.2. The van der Waals surface area contributed by atoms with Gasteiger partial charge < -0.3 is 5.32 Å². The minimum Gasteiger partial charge on any atom is -0.358 e. The second-order valence-corrected chi connectivity index (χ2v) is 8.44. The van der Waals surface area contributed by atoms with Crippen LogP contribution in [0.3, 0.4) is 0 Å². The van der Waals surface area contributed by atoms with Gasteiger partial charge in [-0.15, -0.1) is 11.3 Å². The predicted octanol–water partition coefficient (Wildman–Crippen LogP) is 3.37. The molecule has 0 aromatic carbocycles. The van der Waals surface area contributed by atoms with E-state index in [1.54, 1.807) is 23.0 Å². The number of nitrogens with one attached hydrogen (secondary N) is 1. The van der Waals surface area contributed by atoms with Crippen molar-refractivity contribution in [1.29, 1.82) is 0 Å². The minimum atomic E-state index is -0.0510.